The first kappa shape index (κ1) is 9.96. The van der Waals surface area contributed by atoms with Crippen LogP contribution in [-0.4, -0.2) is 27.4 Å². The molecule has 0 rings (SSSR count). The summed E-state index contributed by atoms with van der Waals surface area (Å²) in [6.07, 6.45) is 1.30. The second-order valence-corrected chi connectivity index (χ2v) is 3.76. The van der Waals surface area contributed by atoms with Gasteiger partial charge in [-0.25, -0.2) is 13.2 Å². The van der Waals surface area contributed by atoms with Crippen molar-refractivity contribution in [3.63, 3.8) is 0 Å². The lowest BCUT2D eigenvalue weighted by Gasteiger charge is -1.92. The van der Waals surface area contributed by atoms with Crippen LogP contribution in [0.3, 0.4) is 0 Å². The second kappa shape index (κ2) is 3.97. The van der Waals surface area contributed by atoms with Gasteiger partial charge in [0.25, 0.3) is 0 Å². The van der Waals surface area contributed by atoms with Gasteiger partial charge < -0.3 is 10.5 Å². The molecule has 0 spiro atoms. The molecule has 2 N–H and O–H groups in total. The van der Waals surface area contributed by atoms with E-state index in [9.17, 15) is 13.2 Å². The van der Waals surface area contributed by atoms with Crippen LogP contribution in [0.25, 0.3) is 0 Å². The van der Waals surface area contributed by atoms with Crippen LogP contribution in [0.5, 0.6) is 0 Å². The molecule has 0 saturated carbocycles. The van der Waals surface area contributed by atoms with Crippen molar-refractivity contribution in [3.8, 4) is 0 Å². The van der Waals surface area contributed by atoms with Gasteiger partial charge in [0, 0.05) is 11.7 Å². The number of sulfone groups is 1. The van der Waals surface area contributed by atoms with Crippen molar-refractivity contribution in [2.75, 3.05) is 12.9 Å². The summed E-state index contributed by atoms with van der Waals surface area (Å²) in [7, 11) is -3.13. The third-order valence-corrected chi connectivity index (χ3v) is 1.35. The Balaban J connectivity index is 3.72. The fraction of sp³-hybridized carbons (Fsp3) is 0.400. The smallest absolute Gasteiger partial charge is 0.404 e. The number of nitrogens with two attached hydrogens (primary N) is 1. The van der Waals surface area contributed by atoms with E-state index in [0.717, 1.165) is 11.7 Å². The number of primary amides is 1. The van der Waals surface area contributed by atoms with E-state index in [2.05, 4.69) is 10.5 Å². The molecule has 0 aliphatic rings. The molecule has 0 atom stereocenters. The monoisotopic (exact) mass is 179 g/mol. The quantitative estimate of drug-likeness (QED) is 0.641. The van der Waals surface area contributed by atoms with E-state index in [1.165, 1.54) is 6.08 Å². The Hall–Kier alpha value is -1.04. The average molecular weight is 179 g/mol. The molecule has 0 heterocycles. The van der Waals surface area contributed by atoms with Gasteiger partial charge in [-0.2, -0.15) is 0 Å². The minimum atomic E-state index is -3.13. The van der Waals surface area contributed by atoms with Gasteiger partial charge in [-0.3, -0.25) is 0 Å². The fourth-order valence-electron chi connectivity index (χ4n) is 0.344. The topological polar surface area (TPSA) is 86.5 Å². The lowest BCUT2D eigenvalue weighted by molar-refractivity contribution is 0.169. The van der Waals surface area contributed by atoms with Crippen molar-refractivity contribution in [2.24, 2.45) is 5.73 Å². The van der Waals surface area contributed by atoms with Crippen LogP contribution in [0.2, 0.25) is 0 Å². The van der Waals surface area contributed by atoms with Gasteiger partial charge in [0.15, 0.2) is 9.84 Å². The van der Waals surface area contributed by atoms with E-state index in [1.807, 2.05) is 0 Å². The zero-order chi connectivity index (χ0) is 8.91. The Kier molecular flexibility index (Phi) is 3.59. The van der Waals surface area contributed by atoms with Crippen molar-refractivity contribution in [1.29, 1.82) is 0 Å². The van der Waals surface area contributed by atoms with Gasteiger partial charge >= 0.3 is 6.09 Å². The molecule has 11 heavy (non-hydrogen) atoms. The maximum Gasteiger partial charge on any atom is 0.404 e. The first-order valence-electron chi connectivity index (χ1n) is 2.70. The van der Waals surface area contributed by atoms with E-state index in [1.54, 1.807) is 0 Å². The summed E-state index contributed by atoms with van der Waals surface area (Å²) in [6, 6.07) is 0. The number of ether oxygens (including phenoxy) is 1. The molecule has 0 aromatic heterocycles. The van der Waals surface area contributed by atoms with Crippen molar-refractivity contribution < 1.29 is 17.9 Å². The summed E-state index contributed by atoms with van der Waals surface area (Å²) >= 11 is 0. The Morgan fingerprint density at radius 3 is 2.55 bits per heavy atom. The largest absolute Gasteiger partial charge is 0.445 e. The molecule has 0 fully saturated rings. The predicted molar refractivity (Wildman–Crippen MR) is 39.5 cm³/mol. The molecule has 0 aromatic carbocycles. The Morgan fingerprint density at radius 2 is 2.18 bits per heavy atom. The SMILES string of the molecule is CS(=O)(=O)/C=C/COC(N)=O. The van der Waals surface area contributed by atoms with Gasteiger partial charge in [-0.1, -0.05) is 0 Å². The van der Waals surface area contributed by atoms with Crippen LogP contribution in [0.4, 0.5) is 4.79 Å². The molecule has 0 unspecified atom stereocenters. The van der Waals surface area contributed by atoms with Gasteiger partial charge in [-0.15, -0.1) is 0 Å². The molecule has 0 bridgehead atoms. The third-order valence-electron chi connectivity index (χ3n) is 0.665. The van der Waals surface area contributed by atoms with E-state index in [0.29, 0.717) is 0 Å². The minimum Gasteiger partial charge on any atom is -0.445 e. The van der Waals surface area contributed by atoms with Crippen molar-refractivity contribution in [3.05, 3.63) is 11.5 Å². The van der Waals surface area contributed by atoms with Crippen LogP contribution in [-0.2, 0) is 14.6 Å². The summed E-state index contributed by atoms with van der Waals surface area (Å²) < 4.78 is 25.1. The summed E-state index contributed by atoms with van der Waals surface area (Å²) in [5.41, 5.74) is 4.60. The Morgan fingerprint density at radius 1 is 1.64 bits per heavy atom. The molecular weight excluding hydrogens is 170 g/mol. The summed E-state index contributed by atoms with van der Waals surface area (Å²) in [6.45, 7) is -0.123. The van der Waals surface area contributed by atoms with Crippen LogP contribution in [0, 0.1) is 0 Å². The zero-order valence-corrected chi connectivity index (χ0v) is 6.80. The highest BCUT2D eigenvalue weighted by Gasteiger charge is 1.92. The van der Waals surface area contributed by atoms with Gasteiger partial charge in [0.1, 0.15) is 6.61 Å². The number of rotatable bonds is 3. The zero-order valence-electron chi connectivity index (χ0n) is 5.98. The maximum atomic E-state index is 10.4. The van der Waals surface area contributed by atoms with E-state index in [-0.39, 0.29) is 6.61 Å². The first-order chi connectivity index (χ1) is 4.92. The van der Waals surface area contributed by atoms with Crippen molar-refractivity contribution in [1.82, 2.24) is 0 Å². The highest BCUT2D eigenvalue weighted by Crippen LogP contribution is 1.85. The molecule has 0 aliphatic carbocycles. The predicted octanol–water partition coefficient (Wildman–Crippen LogP) is -0.360. The normalized spacial score (nSPS) is 11.7. The maximum absolute atomic E-state index is 10.4. The van der Waals surface area contributed by atoms with E-state index in [4.69, 9.17) is 0 Å². The molecule has 0 aliphatic heterocycles. The molecule has 1 amide bonds. The molecule has 0 aromatic rings. The van der Waals surface area contributed by atoms with Crippen molar-refractivity contribution >= 4 is 15.9 Å². The number of hydrogen-bond donors (Lipinski definition) is 1. The fourth-order valence-corrected chi connectivity index (χ4v) is 0.772. The Bertz CT molecular complexity index is 254. The second-order valence-electron chi connectivity index (χ2n) is 1.83. The summed E-state index contributed by atoms with van der Waals surface area (Å²) in [5, 5.41) is 0.940. The standard InChI is InChI=1S/C5H9NO4S/c1-11(8,9)4-2-3-10-5(6)7/h2,4H,3H2,1H3,(H2,6,7)/b4-2+. The summed E-state index contributed by atoms with van der Waals surface area (Å²) in [5.74, 6) is 0. The molecule has 64 valence electrons. The number of carbonyl (C=O) groups is 1. The highest BCUT2D eigenvalue weighted by atomic mass is 32.2. The lowest BCUT2D eigenvalue weighted by Crippen LogP contribution is -2.12. The highest BCUT2D eigenvalue weighted by molar-refractivity contribution is 7.93. The van der Waals surface area contributed by atoms with Gasteiger partial charge in [-0.05, 0) is 6.08 Å². The molecule has 6 heteroatoms. The molecular formula is C5H9NO4S. The molecule has 5 nitrogen and oxygen atoms in total. The molecule has 0 saturated heterocycles. The van der Waals surface area contributed by atoms with Gasteiger partial charge in [0.05, 0.1) is 0 Å². The molecule has 0 radical (unpaired) electrons. The van der Waals surface area contributed by atoms with E-state index >= 15 is 0 Å². The van der Waals surface area contributed by atoms with Crippen LogP contribution >= 0.6 is 0 Å². The van der Waals surface area contributed by atoms with Gasteiger partial charge in [0.2, 0.25) is 0 Å². The average Bonchev–Trinajstić information content (AvgIpc) is 1.78. The Labute approximate surface area is 64.7 Å². The third kappa shape index (κ3) is 8.96. The van der Waals surface area contributed by atoms with E-state index < -0.39 is 15.9 Å². The first-order valence-corrected chi connectivity index (χ1v) is 4.66. The minimum absolute atomic E-state index is 0.123. The van der Waals surface area contributed by atoms with Crippen molar-refractivity contribution in [2.45, 2.75) is 0 Å². The van der Waals surface area contributed by atoms with Crippen LogP contribution in [0.15, 0.2) is 11.5 Å². The number of amides is 1. The number of hydrogen-bond acceptors (Lipinski definition) is 4. The summed E-state index contributed by atoms with van der Waals surface area (Å²) in [4.78, 5) is 9.94. The lowest BCUT2D eigenvalue weighted by atomic mass is 10.7. The van der Waals surface area contributed by atoms with Crippen LogP contribution in [0.1, 0.15) is 0 Å². The van der Waals surface area contributed by atoms with Crippen LogP contribution < -0.4 is 5.73 Å². The number of carbonyl (C=O) groups excluding carboxylic acids is 1.